The summed E-state index contributed by atoms with van der Waals surface area (Å²) in [4.78, 5) is 22.0. The van der Waals surface area contributed by atoms with Crippen molar-refractivity contribution in [1.82, 2.24) is 20.0 Å². The molecule has 3 heterocycles. The van der Waals surface area contributed by atoms with Crippen molar-refractivity contribution in [3.63, 3.8) is 0 Å². The average molecular weight is 300 g/mol. The Balaban J connectivity index is 1.77. The first kappa shape index (κ1) is 14.7. The van der Waals surface area contributed by atoms with Gasteiger partial charge in [0.15, 0.2) is 0 Å². The molecule has 2 aromatic heterocycles. The Hall–Kier alpha value is -2.24. The van der Waals surface area contributed by atoms with Crippen molar-refractivity contribution in [1.29, 1.82) is 0 Å². The molecule has 22 heavy (non-hydrogen) atoms. The predicted molar refractivity (Wildman–Crippen MR) is 81.1 cm³/mol. The van der Waals surface area contributed by atoms with E-state index in [0.29, 0.717) is 5.92 Å². The zero-order valence-corrected chi connectivity index (χ0v) is 13.2. The maximum Gasteiger partial charge on any atom is 0.219 e. The van der Waals surface area contributed by atoms with Gasteiger partial charge in [-0.15, -0.1) is 0 Å². The van der Waals surface area contributed by atoms with Crippen LogP contribution < -0.4 is 0 Å². The fourth-order valence-corrected chi connectivity index (χ4v) is 3.08. The van der Waals surface area contributed by atoms with Crippen LogP contribution in [-0.4, -0.2) is 39.0 Å². The third kappa shape index (κ3) is 2.86. The molecule has 1 aliphatic rings. The van der Waals surface area contributed by atoms with Gasteiger partial charge < -0.3 is 9.42 Å². The average Bonchev–Trinajstić information content (AvgIpc) is 3.06. The maximum atomic E-state index is 11.4. The summed E-state index contributed by atoms with van der Waals surface area (Å²) in [5.41, 5.74) is 3.63. The Morgan fingerprint density at radius 1 is 1.41 bits per heavy atom. The molecule has 1 saturated heterocycles. The van der Waals surface area contributed by atoms with E-state index in [4.69, 9.17) is 4.52 Å². The van der Waals surface area contributed by atoms with E-state index >= 15 is 0 Å². The summed E-state index contributed by atoms with van der Waals surface area (Å²) in [5.74, 6) is 1.39. The Kier molecular flexibility index (Phi) is 3.92. The fourth-order valence-electron chi connectivity index (χ4n) is 3.08. The highest BCUT2D eigenvalue weighted by atomic mass is 16.5. The van der Waals surface area contributed by atoms with Gasteiger partial charge in [0, 0.05) is 25.7 Å². The molecule has 0 bridgehead atoms. The van der Waals surface area contributed by atoms with Crippen molar-refractivity contribution in [2.75, 3.05) is 13.1 Å². The Morgan fingerprint density at radius 2 is 2.23 bits per heavy atom. The lowest BCUT2D eigenvalue weighted by Crippen LogP contribution is -2.26. The highest BCUT2D eigenvalue weighted by Gasteiger charge is 2.25. The minimum absolute atomic E-state index is 0.154. The number of carbonyl (C=O) groups excluding carboxylic acids is 1. The molecular formula is C16H20N4O2. The smallest absolute Gasteiger partial charge is 0.219 e. The van der Waals surface area contributed by atoms with Gasteiger partial charge >= 0.3 is 0 Å². The summed E-state index contributed by atoms with van der Waals surface area (Å²) in [7, 11) is 0. The first-order valence-electron chi connectivity index (χ1n) is 7.54. The number of carbonyl (C=O) groups is 1. The van der Waals surface area contributed by atoms with E-state index in [1.807, 2.05) is 24.8 Å². The van der Waals surface area contributed by atoms with Crippen molar-refractivity contribution in [3.8, 4) is 11.3 Å². The largest absolute Gasteiger partial charge is 0.361 e. The van der Waals surface area contributed by atoms with Crippen LogP contribution in [0.25, 0.3) is 11.3 Å². The Morgan fingerprint density at radius 3 is 2.86 bits per heavy atom. The number of hydrogen-bond donors (Lipinski definition) is 0. The summed E-state index contributed by atoms with van der Waals surface area (Å²) in [6, 6.07) is 2.00. The van der Waals surface area contributed by atoms with Gasteiger partial charge in [-0.2, -0.15) is 0 Å². The monoisotopic (exact) mass is 300 g/mol. The highest BCUT2D eigenvalue weighted by molar-refractivity contribution is 5.73. The van der Waals surface area contributed by atoms with E-state index in [2.05, 4.69) is 15.1 Å². The van der Waals surface area contributed by atoms with Gasteiger partial charge in [0.05, 0.1) is 17.0 Å². The Bertz CT molecular complexity index is 676. The first-order chi connectivity index (χ1) is 10.5. The predicted octanol–water partition coefficient (Wildman–Crippen LogP) is 2.16. The van der Waals surface area contributed by atoms with Crippen molar-refractivity contribution >= 4 is 5.91 Å². The van der Waals surface area contributed by atoms with Crippen LogP contribution in [-0.2, 0) is 11.2 Å². The van der Waals surface area contributed by atoms with Crippen molar-refractivity contribution < 1.29 is 9.32 Å². The molecule has 6 nitrogen and oxygen atoms in total. The second-order valence-corrected chi connectivity index (χ2v) is 5.92. The summed E-state index contributed by atoms with van der Waals surface area (Å²) in [6.45, 7) is 7.10. The van der Waals surface area contributed by atoms with Crippen LogP contribution in [0, 0.1) is 19.8 Å². The molecule has 0 aromatic carbocycles. The molecule has 1 amide bonds. The number of aromatic nitrogens is 3. The lowest BCUT2D eigenvalue weighted by molar-refractivity contribution is -0.127. The molecule has 1 atom stereocenters. The molecule has 1 aliphatic heterocycles. The van der Waals surface area contributed by atoms with Gasteiger partial charge in [-0.3, -0.25) is 4.79 Å². The van der Waals surface area contributed by atoms with Crippen molar-refractivity contribution in [2.45, 2.75) is 33.6 Å². The second kappa shape index (κ2) is 5.87. The SMILES string of the molecule is CC(=O)N1CC[C@@H](Cc2cc(-c3c(C)noc3C)ncn2)C1. The van der Waals surface area contributed by atoms with Gasteiger partial charge in [0.25, 0.3) is 0 Å². The van der Waals surface area contributed by atoms with E-state index in [9.17, 15) is 4.79 Å². The molecule has 0 unspecified atom stereocenters. The normalized spacial score (nSPS) is 18.0. The molecule has 0 N–H and O–H groups in total. The van der Waals surface area contributed by atoms with Gasteiger partial charge in [-0.05, 0) is 38.7 Å². The van der Waals surface area contributed by atoms with Gasteiger partial charge in [0.2, 0.25) is 5.91 Å². The van der Waals surface area contributed by atoms with Gasteiger partial charge in [-0.1, -0.05) is 5.16 Å². The van der Waals surface area contributed by atoms with Crippen LogP contribution in [0.1, 0.15) is 30.5 Å². The quantitative estimate of drug-likeness (QED) is 0.868. The van der Waals surface area contributed by atoms with Crippen molar-refractivity contribution in [3.05, 3.63) is 29.5 Å². The molecule has 1 fully saturated rings. The van der Waals surface area contributed by atoms with Crippen LogP contribution in [0.4, 0.5) is 0 Å². The number of likely N-dealkylation sites (tertiary alicyclic amines) is 1. The van der Waals surface area contributed by atoms with E-state index in [-0.39, 0.29) is 5.91 Å². The number of hydrogen-bond acceptors (Lipinski definition) is 5. The zero-order chi connectivity index (χ0) is 15.7. The molecule has 6 heteroatoms. The zero-order valence-electron chi connectivity index (χ0n) is 13.2. The minimum Gasteiger partial charge on any atom is -0.361 e. The molecule has 0 saturated carbocycles. The highest BCUT2D eigenvalue weighted by Crippen LogP contribution is 2.26. The van der Waals surface area contributed by atoms with E-state index in [1.165, 1.54) is 0 Å². The van der Waals surface area contributed by atoms with E-state index < -0.39 is 0 Å². The molecule has 3 rings (SSSR count). The molecular weight excluding hydrogens is 280 g/mol. The van der Waals surface area contributed by atoms with Gasteiger partial charge in [0.1, 0.15) is 12.1 Å². The fraction of sp³-hybridized carbons (Fsp3) is 0.500. The van der Waals surface area contributed by atoms with Crippen molar-refractivity contribution in [2.24, 2.45) is 5.92 Å². The molecule has 0 radical (unpaired) electrons. The molecule has 0 aliphatic carbocycles. The topological polar surface area (TPSA) is 72.1 Å². The lowest BCUT2D eigenvalue weighted by Gasteiger charge is -2.13. The number of rotatable bonds is 3. The number of nitrogens with zero attached hydrogens (tertiary/aromatic N) is 4. The Labute approximate surface area is 129 Å². The second-order valence-electron chi connectivity index (χ2n) is 5.92. The van der Waals surface area contributed by atoms with E-state index in [0.717, 1.165) is 54.3 Å². The summed E-state index contributed by atoms with van der Waals surface area (Å²) in [6.07, 6.45) is 3.49. The number of aryl methyl sites for hydroxylation is 2. The summed E-state index contributed by atoms with van der Waals surface area (Å²) < 4.78 is 5.21. The first-order valence-corrected chi connectivity index (χ1v) is 7.54. The van der Waals surface area contributed by atoms with Crippen LogP contribution >= 0.6 is 0 Å². The summed E-state index contributed by atoms with van der Waals surface area (Å²) >= 11 is 0. The van der Waals surface area contributed by atoms with Crippen LogP contribution in [0.2, 0.25) is 0 Å². The van der Waals surface area contributed by atoms with Crippen LogP contribution in [0.15, 0.2) is 16.9 Å². The molecule has 116 valence electrons. The van der Waals surface area contributed by atoms with Crippen LogP contribution in [0.5, 0.6) is 0 Å². The maximum absolute atomic E-state index is 11.4. The summed E-state index contributed by atoms with van der Waals surface area (Å²) in [5, 5.41) is 3.98. The van der Waals surface area contributed by atoms with Crippen LogP contribution in [0.3, 0.4) is 0 Å². The number of amides is 1. The standard InChI is InChI=1S/C16H20N4O2/c1-10-16(11(2)22-19-10)15-7-14(17-9-18-15)6-13-4-5-20(8-13)12(3)21/h7,9,13H,4-6,8H2,1-3H3/t13-/m0/s1. The molecule has 2 aromatic rings. The third-order valence-electron chi connectivity index (χ3n) is 4.24. The van der Waals surface area contributed by atoms with E-state index in [1.54, 1.807) is 13.3 Å². The third-order valence-corrected chi connectivity index (χ3v) is 4.24. The molecule has 0 spiro atoms. The van der Waals surface area contributed by atoms with Gasteiger partial charge in [-0.25, -0.2) is 9.97 Å². The lowest BCUT2D eigenvalue weighted by atomic mass is 10.0. The minimum atomic E-state index is 0.154.